The van der Waals surface area contributed by atoms with Crippen molar-refractivity contribution in [3.05, 3.63) is 65.2 Å². The molecule has 0 heterocycles. The van der Waals surface area contributed by atoms with Crippen molar-refractivity contribution in [3.8, 4) is 5.75 Å². The Kier molecular flexibility index (Phi) is 7.55. The molecule has 1 N–H and O–H groups in total. The smallest absolute Gasteiger partial charge is 0.338 e. The fourth-order valence-electron chi connectivity index (χ4n) is 2.50. The molecule has 0 amide bonds. The molecule has 0 atom stereocenters. The Morgan fingerprint density at radius 1 is 0.963 bits per heavy atom. The van der Waals surface area contributed by atoms with Gasteiger partial charge in [0.25, 0.3) is 0 Å². The van der Waals surface area contributed by atoms with Crippen LogP contribution in [0.4, 0.5) is 0 Å². The number of rotatable bonds is 10. The van der Waals surface area contributed by atoms with E-state index in [0.29, 0.717) is 25.7 Å². The number of carbonyl (C=O) groups excluding carboxylic acids is 2. The Balaban J connectivity index is 1.68. The highest BCUT2D eigenvalue weighted by atomic mass is 16.5. The normalized spacial score (nSPS) is 10.3. The summed E-state index contributed by atoms with van der Waals surface area (Å²) in [7, 11) is 1.61. The molecule has 0 aliphatic carbocycles. The lowest BCUT2D eigenvalue weighted by Gasteiger charge is -2.06. The molecule has 2 rings (SSSR count). The average molecular weight is 370 g/mol. The van der Waals surface area contributed by atoms with E-state index in [1.54, 1.807) is 7.11 Å². The van der Waals surface area contributed by atoms with Gasteiger partial charge < -0.3 is 14.6 Å². The first-order valence-electron chi connectivity index (χ1n) is 8.64. The predicted molar refractivity (Wildman–Crippen MR) is 99.2 cm³/mol. The van der Waals surface area contributed by atoms with Crippen LogP contribution in [0.5, 0.6) is 5.75 Å². The number of Topliss-reactive ketones (excluding diaryl/α,β-unsaturated/α-hetero) is 1. The molecule has 0 saturated heterocycles. The van der Waals surface area contributed by atoms with Crippen molar-refractivity contribution in [3.63, 3.8) is 0 Å². The number of hydrogen-bond donors (Lipinski definition) is 1. The Labute approximate surface area is 157 Å². The molecule has 2 aromatic rings. The summed E-state index contributed by atoms with van der Waals surface area (Å²) in [5.74, 6) is -0.814. The van der Waals surface area contributed by atoms with Crippen LogP contribution < -0.4 is 4.74 Å². The summed E-state index contributed by atoms with van der Waals surface area (Å²) in [6, 6.07) is 13.2. The van der Waals surface area contributed by atoms with Gasteiger partial charge >= 0.3 is 11.9 Å². The van der Waals surface area contributed by atoms with Crippen LogP contribution in [0.1, 0.15) is 45.5 Å². The van der Waals surface area contributed by atoms with Crippen molar-refractivity contribution in [1.82, 2.24) is 0 Å². The molecule has 2 aromatic carbocycles. The molecule has 0 fully saturated rings. The third-order valence-corrected chi connectivity index (χ3v) is 4.03. The van der Waals surface area contributed by atoms with Gasteiger partial charge in [0.1, 0.15) is 11.5 Å². The number of aromatic carboxylic acids is 1. The number of carboxylic acids is 1. The molecule has 0 radical (unpaired) electrons. The van der Waals surface area contributed by atoms with Gasteiger partial charge in [-0.15, -0.1) is 0 Å². The second-order valence-corrected chi connectivity index (χ2v) is 6.01. The number of carbonyl (C=O) groups is 3. The van der Waals surface area contributed by atoms with Crippen molar-refractivity contribution < 1.29 is 29.0 Å². The molecule has 0 aliphatic rings. The summed E-state index contributed by atoms with van der Waals surface area (Å²) in [5.41, 5.74) is 1.27. The lowest BCUT2D eigenvalue weighted by molar-refractivity contribution is -0.119. The van der Waals surface area contributed by atoms with Crippen LogP contribution in [0.15, 0.2) is 48.5 Å². The molecule has 0 spiro atoms. The summed E-state index contributed by atoms with van der Waals surface area (Å²) in [4.78, 5) is 34.8. The fourth-order valence-corrected chi connectivity index (χ4v) is 2.50. The van der Waals surface area contributed by atoms with Crippen LogP contribution in [0, 0.1) is 0 Å². The van der Waals surface area contributed by atoms with Crippen molar-refractivity contribution in [2.24, 2.45) is 0 Å². The summed E-state index contributed by atoms with van der Waals surface area (Å²) < 4.78 is 10.2. The van der Waals surface area contributed by atoms with Crippen molar-refractivity contribution in [2.45, 2.75) is 25.7 Å². The van der Waals surface area contributed by atoms with Crippen LogP contribution in [-0.2, 0) is 16.0 Å². The van der Waals surface area contributed by atoms with E-state index >= 15 is 0 Å². The predicted octanol–water partition coefficient (Wildman–Crippen LogP) is 3.53. The first-order chi connectivity index (χ1) is 13.0. The third-order valence-electron chi connectivity index (χ3n) is 4.03. The minimum atomic E-state index is -1.10. The largest absolute Gasteiger partial charge is 0.497 e. The minimum absolute atomic E-state index is 0.0261. The molecule has 0 unspecified atom stereocenters. The van der Waals surface area contributed by atoms with Gasteiger partial charge in [0.05, 0.1) is 24.8 Å². The highest BCUT2D eigenvalue weighted by Gasteiger charge is 2.11. The maximum absolute atomic E-state index is 11.9. The van der Waals surface area contributed by atoms with Crippen LogP contribution in [0.3, 0.4) is 0 Å². The van der Waals surface area contributed by atoms with E-state index in [1.165, 1.54) is 24.3 Å². The topological polar surface area (TPSA) is 89.9 Å². The summed E-state index contributed by atoms with van der Waals surface area (Å²) >= 11 is 0. The zero-order valence-corrected chi connectivity index (χ0v) is 15.1. The van der Waals surface area contributed by atoms with E-state index in [4.69, 9.17) is 14.6 Å². The van der Waals surface area contributed by atoms with E-state index in [9.17, 15) is 14.4 Å². The van der Waals surface area contributed by atoms with E-state index in [0.717, 1.165) is 11.3 Å². The molecule has 6 nitrogen and oxygen atoms in total. The highest BCUT2D eigenvalue weighted by molar-refractivity contribution is 5.94. The molecule has 0 saturated carbocycles. The zero-order valence-electron chi connectivity index (χ0n) is 15.1. The number of benzene rings is 2. The van der Waals surface area contributed by atoms with Gasteiger partial charge in [0.15, 0.2) is 0 Å². The van der Waals surface area contributed by atoms with Gasteiger partial charge in [0, 0.05) is 12.8 Å². The highest BCUT2D eigenvalue weighted by Crippen LogP contribution is 2.13. The summed E-state index contributed by atoms with van der Waals surface area (Å²) in [6.45, 7) is 0.115. The molecule has 27 heavy (non-hydrogen) atoms. The number of hydrogen-bond acceptors (Lipinski definition) is 5. The Morgan fingerprint density at radius 2 is 1.67 bits per heavy atom. The second-order valence-electron chi connectivity index (χ2n) is 6.01. The summed E-state index contributed by atoms with van der Waals surface area (Å²) in [6.07, 6.45) is 1.86. The average Bonchev–Trinajstić information content (AvgIpc) is 2.70. The van der Waals surface area contributed by atoms with Crippen LogP contribution in [-0.4, -0.2) is 36.5 Å². The number of esters is 1. The molecular formula is C21H22O6. The SMILES string of the molecule is COc1ccc(CCC(=O)CCCOC(=O)c2cccc(C(=O)O)c2)cc1. The lowest BCUT2D eigenvalue weighted by Crippen LogP contribution is -2.09. The van der Waals surface area contributed by atoms with E-state index in [2.05, 4.69) is 0 Å². The van der Waals surface area contributed by atoms with Gasteiger partial charge in [0.2, 0.25) is 0 Å². The van der Waals surface area contributed by atoms with E-state index in [-0.39, 0.29) is 23.5 Å². The van der Waals surface area contributed by atoms with Gasteiger partial charge in [-0.2, -0.15) is 0 Å². The van der Waals surface area contributed by atoms with Gasteiger partial charge in [-0.25, -0.2) is 9.59 Å². The lowest BCUT2D eigenvalue weighted by atomic mass is 10.1. The Hall–Kier alpha value is -3.15. The first kappa shape index (κ1) is 20.2. The maximum Gasteiger partial charge on any atom is 0.338 e. The molecule has 0 aromatic heterocycles. The van der Waals surface area contributed by atoms with Crippen LogP contribution in [0.25, 0.3) is 0 Å². The number of ketones is 1. The van der Waals surface area contributed by atoms with Crippen LogP contribution in [0.2, 0.25) is 0 Å². The number of methoxy groups -OCH3 is 1. The molecular weight excluding hydrogens is 348 g/mol. The number of ether oxygens (including phenoxy) is 2. The van der Waals surface area contributed by atoms with Gasteiger partial charge in [-0.3, -0.25) is 4.79 Å². The standard InChI is InChI=1S/C21H22O6/c1-26-19-11-8-15(9-12-19)7-10-18(22)6-3-13-27-21(25)17-5-2-4-16(14-17)20(23)24/h2,4-5,8-9,11-12,14H,3,6-7,10,13H2,1H3,(H,23,24). The van der Waals surface area contributed by atoms with Gasteiger partial charge in [-0.1, -0.05) is 18.2 Å². The molecule has 0 aliphatic heterocycles. The molecule has 0 bridgehead atoms. The van der Waals surface area contributed by atoms with Crippen molar-refractivity contribution >= 4 is 17.7 Å². The molecule has 142 valence electrons. The minimum Gasteiger partial charge on any atom is -0.497 e. The first-order valence-corrected chi connectivity index (χ1v) is 8.64. The van der Waals surface area contributed by atoms with Crippen molar-refractivity contribution in [1.29, 1.82) is 0 Å². The number of carboxylic acid groups (broad SMARTS) is 1. The van der Waals surface area contributed by atoms with Crippen molar-refractivity contribution in [2.75, 3.05) is 13.7 Å². The maximum atomic E-state index is 11.9. The number of aryl methyl sites for hydroxylation is 1. The molecule has 6 heteroatoms. The third kappa shape index (κ3) is 6.58. The monoisotopic (exact) mass is 370 g/mol. The second kappa shape index (κ2) is 10.1. The van der Waals surface area contributed by atoms with E-state index < -0.39 is 11.9 Å². The Morgan fingerprint density at radius 3 is 2.33 bits per heavy atom. The van der Waals surface area contributed by atoms with Gasteiger partial charge in [-0.05, 0) is 48.7 Å². The zero-order chi connectivity index (χ0) is 19.6. The fraction of sp³-hybridized carbons (Fsp3) is 0.286. The van der Waals surface area contributed by atoms with E-state index in [1.807, 2.05) is 24.3 Å². The Bertz CT molecular complexity index is 795. The quantitative estimate of drug-likeness (QED) is 0.508. The van der Waals surface area contributed by atoms with Crippen LogP contribution >= 0.6 is 0 Å². The summed E-state index contributed by atoms with van der Waals surface area (Å²) in [5, 5.41) is 8.93.